The Morgan fingerprint density at radius 1 is 0.792 bits per heavy atom. The van der Waals surface area contributed by atoms with Crippen LogP contribution in [0.1, 0.15) is 11.1 Å². The molecule has 0 heterocycles. The van der Waals surface area contributed by atoms with Crippen molar-refractivity contribution in [2.24, 2.45) is 0 Å². The third-order valence-electron chi connectivity index (χ3n) is 4.46. The topological polar surface area (TPSA) is 9.23 Å². The van der Waals surface area contributed by atoms with E-state index in [4.69, 9.17) is 4.74 Å². The Kier molecular flexibility index (Phi) is 3.66. The van der Waals surface area contributed by atoms with Gasteiger partial charge in [-0.2, -0.15) is 0 Å². The molecule has 4 rings (SSSR count). The van der Waals surface area contributed by atoms with Gasteiger partial charge in [-0.05, 0) is 63.4 Å². The summed E-state index contributed by atoms with van der Waals surface area (Å²) in [5.74, 6) is 0.641. The Morgan fingerprint density at radius 2 is 1.58 bits per heavy atom. The van der Waals surface area contributed by atoms with Gasteiger partial charge in [-0.3, -0.25) is 0 Å². The first-order valence-corrected chi connectivity index (χ1v) is 7.97. The van der Waals surface area contributed by atoms with Crippen LogP contribution in [0.25, 0.3) is 21.5 Å². The summed E-state index contributed by atoms with van der Waals surface area (Å²) in [6, 6.07) is 23.5. The van der Waals surface area contributed by atoms with Crippen LogP contribution in [-0.4, -0.2) is 7.11 Å². The molecule has 1 nitrogen and oxygen atoms in total. The standard InChI is InChI=1S/C22H17FO/c1-24-19-10-11-21-20-5-3-2-4-16(20)13-17(22(21)14-19)12-15-6-8-18(23)9-7-15/h2-11,13-14H,12H2,1H3. The van der Waals surface area contributed by atoms with Crippen molar-refractivity contribution in [3.8, 4) is 5.75 Å². The van der Waals surface area contributed by atoms with Crippen molar-refractivity contribution in [1.29, 1.82) is 0 Å². The van der Waals surface area contributed by atoms with Gasteiger partial charge in [-0.25, -0.2) is 4.39 Å². The van der Waals surface area contributed by atoms with Crippen LogP contribution in [0.15, 0.2) is 72.8 Å². The highest BCUT2D eigenvalue weighted by Gasteiger charge is 2.09. The first-order chi connectivity index (χ1) is 11.7. The molecule has 0 saturated heterocycles. The zero-order valence-electron chi connectivity index (χ0n) is 13.4. The van der Waals surface area contributed by atoms with E-state index in [0.29, 0.717) is 0 Å². The normalized spacial score (nSPS) is 11.1. The number of fused-ring (bicyclic) bond motifs is 3. The summed E-state index contributed by atoms with van der Waals surface area (Å²) in [5.41, 5.74) is 2.31. The zero-order valence-corrected chi connectivity index (χ0v) is 13.4. The summed E-state index contributed by atoms with van der Waals surface area (Å²) in [7, 11) is 1.68. The summed E-state index contributed by atoms with van der Waals surface area (Å²) in [6.07, 6.45) is 0.759. The Balaban J connectivity index is 1.95. The number of ether oxygens (including phenoxy) is 1. The number of hydrogen-bond donors (Lipinski definition) is 0. The van der Waals surface area contributed by atoms with E-state index in [9.17, 15) is 4.39 Å². The van der Waals surface area contributed by atoms with Crippen LogP contribution in [0.2, 0.25) is 0 Å². The smallest absolute Gasteiger partial charge is 0.123 e. The molecule has 0 aromatic heterocycles. The fourth-order valence-electron chi connectivity index (χ4n) is 3.25. The molecule has 0 amide bonds. The molecule has 0 aliphatic carbocycles. The molecule has 0 unspecified atom stereocenters. The highest BCUT2D eigenvalue weighted by Crippen LogP contribution is 2.32. The van der Waals surface area contributed by atoms with Crippen LogP contribution in [0.4, 0.5) is 4.39 Å². The van der Waals surface area contributed by atoms with Crippen LogP contribution in [0, 0.1) is 5.82 Å². The van der Waals surface area contributed by atoms with Gasteiger partial charge in [-0.15, -0.1) is 0 Å². The zero-order chi connectivity index (χ0) is 16.5. The van der Waals surface area contributed by atoms with Gasteiger partial charge in [0, 0.05) is 0 Å². The third-order valence-corrected chi connectivity index (χ3v) is 4.46. The van der Waals surface area contributed by atoms with E-state index in [1.54, 1.807) is 7.11 Å². The van der Waals surface area contributed by atoms with Crippen molar-refractivity contribution in [1.82, 2.24) is 0 Å². The summed E-state index contributed by atoms with van der Waals surface area (Å²) >= 11 is 0. The minimum atomic E-state index is -0.205. The Hall–Kier alpha value is -2.87. The Labute approximate surface area is 140 Å². The van der Waals surface area contributed by atoms with Gasteiger partial charge in [0.05, 0.1) is 7.11 Å². The quantitative estimate of drug-likeness (QED) is 0.438. The molecule has 4 aromatic rings. The van der Waals surface area contributed by atoms with Gasteiger partial charge in [0.2, 0.25) is 0 Å². The molecule has 0 saturated carbocycles. The minimum absolute atomic E-state index is 0.205. The van der Waals surface area contributed by atoms with Gasteiger partial charge in [-0.1, -0.05) is 48.5 Å². The van der Waals surface area contributed by atoms with E-state index in [2.05, 4.69) is 42.5 Å². The van der Waals surface area contributed by atoms with Crippen LogP contribution in [-0.2, 0) is 6.42 Å². The van der Waals surface area contributed by atoms with Gasteiger partial charge >= 0.3 is 0 Å². The van der Waals surface area contributed by atoms with E-state index in [-0.39, 0.29) is 5.82 Å². The average molecular weight is 316 g/mol. The molecule has 0 aliphatic rings. The van der Waals surface area contributed by atoms with E-state index >= 15 is 0 Å². The molecule has 0 bridgehead atoms. The van der Waals surface area contributed by atoms with E-state index in [0.717, 1.165) is 17.7 Å². The summed E-state index contributed by atoms with van der Waals surface area (Å²) in [5, 5.41) is 4.84. The predicted octanol–water partition coefficient (Wildman–Crippen LogP) is 5.73. The lowest BCUT2D eigenvalue weighted by Crippen LogP contribution is -1.93. The summed E-state index contributed by atoms with van der Waals surface area (Å²) in [4.78, 5) is 0. The van der Waals surface area contributed by atoms with Gasteiger partial charge in [0.15, 0.2) is 0 Å². The largest absolute Gasteiger partial charge is 0.497 e. The Morgan fingerprint density at radius 3 is 2.38 bits per heavy atom. The van der Waals surface area contributed by atoms with E-state index in [1.165, 1.54) is 39.2 Å². The third kappa shape index (κ3) is 2.61. The van der Waals surface area contributed by atoms with Crippen molar-refractivity contribution in [2.45, 2.75) is 6.42 Å². The number of benzene rings is 4. The second-order valence-electron chi connectivity index (χ2n) is 5.97. The second kappa shape index (κ2) is 5.97. The number of methoxy groups -OCH3 is 1. The molecule has 0 aliphatic heterocycles. The SMILES string of the molecule is COc1ccc2c(c1)c(Cc1ccc(F)cc1)cc1ccccc12. The molecule has 2 heteroatoms. The second-order valence-corrected chi connectivity index (χ2v) is 5.97. The molecule has 0 atom stereocenters. The molecular formula is C22H17FO. The molecule has 0 radical (unpaired) electrons. The lowest BCUT2D eigenvalue weighted by atomic mass is 9.93. The lowest BCUT2D eigenvalue weighted by molar-refractivity contribution is 0.415. The van der Waals surface area contributed by atoms with Crippen molar-refractivity contribution in [2.75, 3.05) is 7.11 Å². The molecular weight excluding hydrogens is 299 g/mol. The van der Waals surface area contributed by atoms with Crippen LogP contribution in [0.3, 0.4) is 0 Å². The van der Waals surface area contributed by atoms with Crippen molar-refractivity contribution in [3.05, 3.63) is 89.7 Å². The van der Waals surface area contributed by atoms with Gasteiger partial charge in [0.1, 0.15) is 11.6 Å². The lowest BCUT2D eigenvalue weighted by Gasteiger charge is -2.12. The fraction of sp³-hybridized carbons (Fsp3) is 0.0909. The monoisotopic (exact) mass is 316 g/mol. The van der Waals surface area contributed by atoms with Crippen molar-refractivity contribution < 1.29 is 9.13 Å². The Bertz CT molecular complexity index is 1020. The average Bonchev–Trinajstić information content (AvgIpc) is 2.63. The highest BCUT2D eigenvalue weighted by atomic mass is 19.1. The number of hydrogen-bond acceptors (Lipinski definition) is 1. The molecule has 0 fully saturated rings. The molecule has 118 valence electrons. The van der Waals surface area contributed by atoms with E-state index < -0.39 is 0 Å². The number of rotatable bonds is 3. The van der Waals surface area contributed by atoms with Crippen LogP contribution < -0.4 is 4.74 Å². The first kappa shape index (κ1) is 14.7. The molecule has 24 heavy (non-hydrogen) atoms. The minimum Gasteiger partial charge on any atom is -0.497 e. The highest BCUT2D eigenvalue weighted by molar-refractivity contribution is 6.09. The first-order valence-electron chi connectivity index (χ1n) is 7.97. The maximum atomic E-state index is 13.2. The fourth-order valence-corrected chi connectivity index (χ4v) is 3.25. The van der Waals surface area contributed by atoms with Crippen molar-refractivity contribution in [3.63, 3.8) is 0 Å². The maximum Gasteiger partial charge on any atom is 0.123 e. The maximum absolute atomic E-state index is 13.2. The van der Waals surface area contributed by atoms with Gasteiger partial charge < -0.3 is 4.74 Å². The van der Waals surface area contributed by atoms with Gasteiger partial charge in [0.25, 0.3) is 0 Å². The predicted molar refractivity (Wildman–Crippen MR) is 97.2 cm³/mol. The molecule has 0 spiro atoms. The van der Waals surface area contributed by atoms with Crippen LogP contribution >= 0.6 is 0 Å². The summed E-state index contributed by atoms with van der Waals surface area (Å²) < 4.78 is 18.6. The number of halogens is 1. The van der Waals surface area contributed by atoms with Crippen LogP contribution in [0.5, 0.6) is 5.75 Å². The molecule has 4 aromatic carbocycles. The summed E-state index contributed by atoms with van der Waals surface area (Å²) in [6.45, 7) is 0. The van der Waals surface area contributed by atoms with Crippen molar-refractivity contribution >= 4 is 21.5 Å². The van der Waals surface area contributed by atoms with E-state index in [1.807, 2.05) is 18.2 Å². The molecule has 0 N–H and O–H groups in total.